The molecule has 29 heavy (non-hydrogen) atoms. The fourth-order valence-electron chi connectivity index (χ4n) is 4.23. The van der Waals surface area contributed by atoms with Crippen molar-refractivity contribution in [3.05, 3.63) is 29.3 Å². The van der Waals surface area contributed by atoms with Crippen LogP contribution in [0.3, 0.4) is 0 Å². The lowest BCUT2D eigenvalue weighted by Gasteiger charge is -2.23. The van der Waals surface area contributed by atoms with Crippen molar-refractivity contribution < 1.29 is 19.1 Å². The number of fused-ring (bicyclic) bond motifs is 1. The smallest absolute Gasteiger partial charge is 0.251 e. The number of hydrogen-bond acceptors (Lipinski definition) is 4. The number of nitrogens with two attached hydrogens (primary N) is 1. The van der Waals surface area contributed by atoms with Crippen molar-refractivity contribution in [2.75, 3.05) is 13.2 Å². The number of amides is 3. The van der Waals surface area contributed by atoms with E-state index in [0.29, 0.717) is 25.1 Å². The summed E-state index contributed by atoms with van der Waals surface area (Å²) >= 11 is 0. The zero-order valence-electron chi connectivity index (χ0n) is 17.2. The minimum absolute atomic E-state index is 0.00410. The molecule has 0 radical (unpaired) electrons. The lowest BCUT2D eigenvalue weighted by Crippen LogP contribution is -2.45. The molecule has 1 aliphatic carbocycles. The number of carbonyl (C=O) groups is 3. The first-order chi connectivity index (χ1) is 13.8. The van der Waals surface area contributed by atoms with E-state index >= 15 is 0 Å². The quantitative estimate of drug-likeness (QED) is 0.577. The van der Waals surface area contributed by atoms with Crippen LogP contribution in [0.4, 0.5) is 0 Å². The standard InChI is InChI=1S/C22H31N3O4/c1-13(2)10-17(20(23)26)22(28)24-12-16-4-3-5-18(16)25-21(27)15-6-7-19-14(11-15)8-9-29-19/h6-7,11,13,16-18H,3-5,8-10,12H2,1-2H3,(H2,23,26)(H,24,28)(H,25,27). The molecule has 3 atom stereocenters. The summed E-state index contributed by atoms with van der Waals surface area (Å²) in [5.74, 6) is -0.609. The van der Waals surface area contributed by atoms with E-state index in [1.807, 2.05) is 26.0 Å². The Balaban J connectivity index is 1.55. The number of nitrogens with one attached hydrogen (secondary N) is 2. The predicted octanol–water partition coefficient (Wildman–Crippen LogP) is 1.78. The maximum atomic E-state index is 12.7. The fourth-order valence-corrected chi connectivity index (χ4v) is 4.23. The van der Waals surface area contributed by atoms with E-state index in [-0.39, 0.29) is 29.7 Å². The maximum absolute atomic E-state index is 12.7. The number of carbonyl (C=O) groups excluding carboxylic acids is 3. The lowest BCUT2D eigenvalue weighted by molar-refractivity contribution is -0.134. The highest BCUT2D eigenvalue weighted by atomic mass is 16.5. The minimum atomic E-state index is -0.807. The summed E-state index contributed by atoms with van der Waals surface area (Å²) in [4.78, 5) is 36.7. The van der Waals surface area contributed by atoms with E-state index in [2.05, 4.69) is 10.6 Å². The maximum Gasteiger partial charge on any atom is 0.251 e. The largest absolute Gasteiger partial charge is 0.493 e. The van der Waals surface area contributed by atoms with Crippen LogP contribution in [-0.4, -0.2) is 36.9 Å². The van der Waals surface area contributed by atoms with Crippen molar-refractivity contribution >= 4 is 17.7 Å². The van der Waals surface area contributed by atoms with Gasteiger partial charge < -0.3 is 21.1 Å². The molecule has 3 rings (SSSR count). The molecule has 1 fully saturated rings. The van der Waals surface area contributed by atoms with Crippen LogP contribution in [0, 0.1) is 17.8 Å². The molecule has 1 aliphatic heterocycles. The Labute approximate surface area is 171 Å². The van der Waals surface area contributed by atoms with Crippen molar-refractivity contribution in [3.8, 4) is 5.75 Å². The number of primary amides is 1. The van der Waals surface area contributed by atoms with Gasteiger partial charge in [0.05, 0.1) is 6.61 Å². The van der Waals surface area contributed by atoms with Crippen LogP contribution < -0.4 is 21.1 Å². The molecule has 3 amide bonds. The highest BCUT2D eigenvalue weighted by Gasteiger charge is 2.31. The summed E-state index contributed by atoms with van der Waals surface area (Å²) in [6.07, 6.45) is 4.06. The Morgan fingerprint density at radius 2 is 2.03 bits per heavy atom. The van der Waals surface area contributed by atoms with Gasteiger partial charge in [0.25, 0.3) is 5.91 Å². The number of benzene rings is 1. The molecule has 1 aromatic rings. The summed E-state index contributed by atoms with van der Waals surface area (Å²) in [5.41, 5.74) is 7.10. The molecule has 0 aromatic heterocycles. The first-order valence-electron chi connectivity index (χ1n) is 10.5. The summed E-state index contributed by atoms with van der Waals surface area (Å²) < 4.78 is 5.49. The topological polar surface area (TPSA) is 111 Å². The van der Waals surface area contributed by atoms with Gasteiger partial charge in [0.2, 0.25) is 11.8 Å². The normalized spacial score (nSPS) is 21.3. The predicted molar refractivity (Wildman–Crippen MR) is 109 cm³/mol. The molecule has 158 valence electrons. The van der Waals surface area contributed by atoms with Gasteiger partial charge in [-0.05, 0) is 54.9 Å². The summed E-state index contributed by atoms with van der Waals surface area (Å²) in [6, 6.07) is 5.54. The van der Waals surface area contributed by atoms with Crippen molar-refractivity contribution in [3.63, 3.8) is 0 Å². The molecular formula is C22H31N3O4. The zero-order chi connectivity index (χ0) is 21.0. The summed E-state index contributed by atoms with van der Waals surface area (Å²) in [7, 11) is 0. The monoisotopic (exact) mass is 401 g/mol. The van der Waals surface area contributed by atoms with E-state index < -0.39 is 11.8 Å². The minimum Gasteiger partial charge on any atom is -0.493 e. The SMILES string of the molecule is CC(C)CC(C(N)=O)C(=O)NCC1CCCC1NC(=O)c1ccc2c(c1)CCO2. The summed E-state index contributed by atoms with van der Waals surface area (Å²) in [5, 5.41) is 6.00. The molecule has 7 heteroatoms. The average Bonchev–Trinajstić information content (AvgIpc) is 3.32. The third-order valence-electron chi connectivity index (χ3n) is 5.83. The second kappa shape index (κ2) is 9.29. The Morgan fingerprint density at radius 1 is 1.24 bits per heavy atom. The number of hydrogen-bond donors (Lipinski definition) is 3. The van der Waals surface area contributed by atoms with Gasteiger partial charge in [0, 0.05) is 24.6 Å². The first kappa shape index (κ1) is 21.1. The van der Waals surface area contributed by atoms with Gasteiger partial charge >= 0.3 is 0 Å². The van der Waals surface area contributed by atoms with Gasteiger partial charge in [0.15, 0.2) is 0 Å². The van der Waals surface area contributed by atoms with Crippen LogP contribution in [-0.2, 0) is 16.0 Å². The van der Waals surface area contributed by atoms with Crippen LogP contribution in [0.15, 0.2) is 18.2 Å². The van der Waals surface area contributed by atoms with Crippen molar-refractivity contribution in [1.29, 1.82) is 0 Å². The van der Waals surface area contributed by atoms with Crippen LogP contribution in [0.5, 0.6) is 5.75 Å². The molecule has 0 bridgehead atoms. The van der Waals surface area contributed by atoms with E-state index in [0.717, 1.165) is 37.0 Å². The first-order valence-corrected chi connectivity index (χ1v) is 10.5. The van der Waals surface area contributed by atoms with Gasteiger partial charge in [0.1, 0.15) is 11.7 Å². The van der Waals surface area contributed by atoms with Crippen molar-refractivity contribution in [2.24, 2.45) is 23.5 Å². The molecule has 3 unspecified atom stereocenters. The fraction of sp³-hybridized carbons (Fsp3) is 0.591. The van der Waals surface area contributed by atoms with E-state index in [1.165, 1.54) is 0 Å². The third-order valence-corrected chi connectivity index (χ3v) is 5.83. The van der Waals surface area contributed by atoms with Gasteiger partial charge in [-0.2, -0.15) is 0 Å². The van der Waals surface area contributed by atoms with Gasteiger partial charge in [-0.3, -0.25) is 14.4 Å². The van der Waals surface area contributed by atoms with Crippen LogP contribution in [0.2, 0.25) is 0 Å². The van der Waals surface area contributed by atoms with E-state index in [9.17, 15) is 14.4 Å². The van der Waals surface area contributed by atoms with E-state index in [4.69, 9.17) is 10.5 Å². The molecule has 7 nitrogen and oxygen atoms in total. The average molecular weight is 402 g/mol. The molecule has 2 aliphatic rings. The van der Waals surface area contributed by atoms with E-state index in [1.54, 1.807) is 6.07 Å². The molecule has 0 saturated heterocycles. The lowest BCUT2D eigenvalue weighted by atomic mass is 9.95. The highest BCUT2D eigenvalue weighted by molar-refractivity contribution is 5.99. The number of rotatable bonds is 8. The Morgan fingerprint density at radius 3 is 2.76 bits per heavy atom. The van der Waals surface area contributed by atoms with Crippen molar-refractivity contribution in [1.82, 2.24) is 10.6 Å². The Hall–Kier alpha value is -2.57. The molecule has 0 spiro atoms. The zero-order valence-corrected chi connectivity index (χ0v) is 17.2. The number of ether oxygens (including phenoxy) is 1. The second-order valence-corrected chi connectivity index (χ2v) is 8.52. The highest BCUT2D eigenvalue weighted by Crippen LogP contribution is 2.28. The van der Waals surface area contributed by atoms with Crippen LogP contribution in [0.25, 0.3) is 0 Å². The molecule has 1 heterocycles. The summed E-state index contributed by atoms with van der Waals surface area (Å²) in [6.45, 7) is 5.01. The van der Waals surface area contributed by atoms with Crippen molar-refractivity contribution in [2.45, 2.75) is 52.0 Å². The third kappa shape index (κ3) is 5.28. The Kier molecular flexibility index (Phi) is 6.77. The van der Waals surface area contributed by atoms with Gasteiger partial charge in [-0.15, -0.1) is 0 Å². The molecular weight excluding hydrogens is 370 g/mol. The molecule has 1 aromatic carbocycles. The Bertz CT molecular complexity index is 777. The molecule has 1 saturated carbocycles. The van der Waals surface area contributed by atoms with Crippen LogP contribution in [0.1, 0.15) is 55.5 Å². The second-order valence-electron chi connectivity index (χ2n) is 8.52. The van der Waals surface area contributed by atoms with Gasteiger partial charge in [-0.1, -0.05) is 20.3 Å². The van der Waals surface area contributed by atoms with Gasteiger partial charge in [-0.25, -0.2) is 0 Å². The molecule has 4 N–H and O–H groups in total. The van der Waals surface area contributed by atoms with Crippen LogP contribution >= 0.6 is 0 Å².